The van der Waals surface area contributed by atoms with Crippen LogP contribution in [0.1, 0.15) is 38.5 Å². The van der Waals surface area contributed by atoms with Gasteiger partial charge in [0.05, 0.1) is 12.9 Å². The fourth-order valence-electron chi connectivity index (χ4n) is 3.34. The molecule has 3 rings (SSSR count). The maximum atomic E-state index is 12.1. The van der Waals surface area contributed by atoms with Crippen molar-refractivity contribution in [2.24, 2.45) is 5.92 Å². The highest BCUT2D eigenvalue weighted by atomic mass is 32.2. The number of benzene rings is 1. The summed E-state index contributed by atoms with van der Waals surface area (Å²) in [5.74, 6) is 2.07. The van der Waals surface area contributed by atoms with Gasteiger partial charge in [-0.25, -0.2) is 0 Å². The summed E-state index contributed by atoms with van der Waals surface area (Å²) in [5.41, 5.74) is 0.940. The molecule has 1 heterocycles. The number of carbonyl (C=O) groups excluding carboxylic acids is 1. The van der Waals surface area contributed by atoms with Crippen molar-refractivity contribution in [1.82, 2.24) is 20.1 Å². The van der Waals surface area contributed by atoms with Gasteiger partial charge in [0.2, 0.25) is 5.91 Å². The van der Waals surface area contributed by atoms with Crippen LogP contribution in [0, 0.1) is 5.92 Å². The second-order valence-corrected chi connectivity index (χ2v) is 7.56. The van der Waals surface area contributed by atoms with E-state index < -0.39 is 0 Å². The molecule has 0 spiro atoms. The molecule has 1 aliphatic carbocycles. The maximum Gasteiger partial charge on any atom is 0.230 e. The van der Waals surface area contributed by atoms with Crippen molar-refractivity contribution in [1.29, 1.82) is 0 Å². The summed E-state index contributed by atoms with van der Waals surface area (Å²) in [5, 5.41) is 11.8. The van der Waals surface area contributed by atoms with E-state index in [1.165, 1.54) is 43.9 Å². The summed E-state index contributed by atoms with van der Waals surface area (Å²) in [7, 11) is 1.64. The molecule has 0 radical (unpaired) electrons. The molecule has 1 amide bonds. The van der Waals surface area contributed by atoms with Gasteiger partial charge in [-0.1, -0.05) is 37.4 Å². The van der Waals surface area contributed by atoms with Crippen LogP contribution in [0.2, 0.25) is 0 Å². The molecule has 1 saturated carbocycles. The van der Waals surface area contributed by atoms with Crippen molar-refractivity contribution in [3.05, 3.63) is 30.6 Å². The van der Waals surface area contributed by atoms with Gasteiger partial charge in [-0.2, -0.15) is 0 Å². The Labute approximate surface area is 158 Å². The smallest absolute Gasteiger partial charge is 0.230 e. The number of hydrogen-bond donors (Lipinski definition) is 1. The van der Waals surface area contributed by atoms with Gasteiger partial charge < -0.3 is 10.1 Å². The zero-order chi connectivity index (χ0) is 18.2. The van der Waals surface area contributed by atoms with Gasteiger partial charge in [0.1, 0.15) is 12.1 Å². The minimum atomic E-state index is 0.0469. The van der Waals surface area contributed by atoms with E-state index in [1.807, 2.05) is 28.8 Å². The molecule has 0 unspecified atom stereocenters. The number of methoxy groups -OCH3 is 1. The first-order valence-electron chi connectivity index (χ1n) is 9.20. The number of hydrogen-bond acceptors (Lipinski definition) is 5. The fraction of sp³-hybridized carbons (Fsp3) is 0.526. The number of nitrogens with one attached hydrogen (secondary N) is 1. The molecule has 1 aliphatic rings. The molecule has 1 N–H and O–H groups in total. The third-order valence-electron chi connectivity index (χ3n) is 4.79. The molecule has 1 aromatic heterocycles. The van der Waals surface area contributed by atoms with Crippen LogP contribution >= 0.6 is 11.8 Å². The first-order chi connectivity index (χ1) is 12.8. The van der Waals surface area contributed by atoms with Crippen LogP contribution in [0.4, 0.5) is 0 Å². The number of aromatic nitrogens is 3. The zero-order valence-corrected chi connectivity index (χ0v) is 16.0. The van der Waals surface area contributed by atoms with Gasteiger partial charge in [0.15, 0.2) is 5.16 Å². The number of rotatable bonds is 9. The lowest BCUT2D eigenvalue weighted by Crippen LogP contribution is -2.26. The van der Waals surface area contributed by atoms with Crippen LogP contribution in [0.3, 0.4) is 0 Å². The highest BCUT2D eigenvalue weighted by molar-refractivity contribution is 7.99. The molecule has 1 aromatic carbocycles. The summed E-state index contributed by atoms with van der Waals surface area (Å²) in [6, 6.07) is 7.66. The maximum absolute atomic E-state index is 12.1. The monoisotopic (exact) mass is 374 g/mol. The molecule has 0 saturated heterocycles. The molecule has 26 heavy (non-hydrogen) atoms. The van der Waals surface area contributed by atoms with Crippen molar-refractivity contribution in [3.63, 3.8) is 0 Å². The second kappa shape index (κ2) is 9.62. The summed E-state index contributed by atoms with van der Waals surface area (Å²) >= 11 is 1.40. The first-order valence-corrected chi connectivity index (χ1v) is 10.2. The van der Waals surface area contributed by atoms with Gasteiger partial charge in [0, 0.05) is 12.2 Å². The van der Waals surface area contributed by atoms with E-state index in [1.54, 1.807) is 13.4 Å². The van der Waals surface area contributed by atoms with Gasteiger partial charge in [-0.05, 0) is 43.0 Å². The first kappa shape index (κ1) is 18.8. The highest BCUT2D eigenvalue weighted by Gasteiger charge is 2.14. The molecule has 1 fully saturated rings. The summed E-state index contributed by atoms with van der Waals surface area (Å²) < 4.78 is 7.05. The Morgan fingerprint density at radius 1 is 1.31 bits per heavy atom. The van der Waals surface area contributed by atoms with Gasteiger partial charge in [-0.15, -0.1) is 10.2 Å². The standard InChI is InChI=1S/C19H26N4O2S/c1-25-17-10-8-16(9-11-17)23-14-21-22-19(23)26-13-18(24)20-12-4-7-15-5-2-3-6-15/h8-11,14-15H,2-7,12-13H2,1H3,(H,20,24). The summed E-state index contributed by atoms with van der Waals surface area (Å²) in [6.07, 6.45) is 9.45. The lowest BCUT2D eigenvalue weighted by Gasteiger charge is -2.09. The molecule has 6 nitrogen and oxygen atoms in total. The van der Waals surface area contributed by atoms with Crippen molar-refractivity contribution < 1.29 is 9.53 Å². The number of nitrogens with zero attached hydrogens (tertiary/aromatic N) is 3. The van der Waals surface area contributed by atoms with Crippen LogP contribution in [-0.2, 0) is 4.79 Å². The second-order valence-electron chi connectivity index (χ2n) is 6.61. The number of ether oxygens (including phenoxy) is 1. The van der Waals surface area contributed by atoms with Crippen LogP contribution in [0.5, 0.6) is 5.75 Å². The van der Waals surface area contributed by atoms with Crippen LogP contribution in [0.15, 0.2) is 35.7 Å². The Kier molecular flexibility index (Phi) is 6.94. The Morgan fingerprint density at radius 2 is 2.08 bits per heavy atom. The molecule has 0 aliphatic heterocycles. The minimum Gasteiger partial charge on any atom is -0.497 e. The molecular weight excluding hydrogens is 348 g/mol. The summed E-state index contributed by atoms with van der Waals surface area (Å²) in [4.78, 5) is 12.1. The SMILES string of the molecule is COc1ccc(-n2cnnc2SCC(=O)NCCCC2CCCC2)cc1. The van der Waals surface area contributed by atoms with Crippen molar-refractivity contribution in [3.8, 4) is 11.4 Å². The van der Waals surface area contributed by atoms with E-state index >= 15 is 0 Å². The molecule has 0 atom stereocenters. The Balaban J connectivity index is 1.42. The molecular formula is C19H26N4O2S. The van der Waals surface area contributed by atoms with E-state index in [2.05, 4.69) is 15.5 Å². The zero-order valence-electron chi connectivity index (χ0n) is 15.2. The van der Waals surface area contributed by atoms with Gasteiger partial charge in [0.25, 0.3) is 0 Å². The van der Waals surface area contributed by atoms with E-state index in [4.69, 9.17) is 4.74 Å². The predicted octanol–water partition coefficient (Wildman–Crippen LogP) is 3.45. The van der Waals surface area contributed by atoms with E-state index in [0.717, 1.165) is 30.3 Å². The lowest BCUT2D eigenvalue weighted by molar-refractivity contribution is -0.118. The third kappa shape index (κ3) is 5.24. The van der Waals surface area contributed by atoms with E-state index in [-0.39, 0.29) is 5.91 Å². The Hall–Kier alpha value is -2.02. The quantitative estimate of drug-likeness (QED) is 0.538. The van der Waals surface area contributed by atoms with E-state index in [9.17, 15) is 4.79 Å². The average molecular weight is 375 g/mol. The minimum absolute atomic E-state index is 0.0469. The largest absolute Gasteiger partial charge is 0.497 e. The topological polar surface area (TPSA) is 69.0 Å². The third-order valence-corrected chi connectivity index (χ3v) is 5.73. The molecule has 0 bridgehead atoms. The predicted molar refractivity (Wildman–Crippen MR) is 103 cm³/mol. The lowest BCUT2D eigenvalue weighted by atomic mass is 10.0. The summed E-state index contributed by atoms with van der Waals surface area (Å²) in [6.45, 7) is 0.765. The molecule has 2 aromatic rings. The number of amides is 1. The van der Waals surface area contributed by atoms with Gasteiger partial charge in [-0.3, -0.25) is 9.36 Å². The Morgan fingerprint density at radius 3 is 2.81 bits per heavy atom. The average Bonchev–Trinajstić information content (AvgIpc) is 3.35. The number of thioether (sulfide) groups is 1. The van der Waals surface area contributed by atoms with Crippen LogP contribution in [-0.4, -0.2) is 40.1 Å². The molecule has 140 valence electrons. The molecule has 7 heteroatoms. The van der Waals surface area contributed by atoms with Crippen LogP contribution in [0.25, 0.3) is 5.69 Å². The fourth-order valence-corrected chi connectivity index (χ4v) is 4.10. The number of carbonyl (C=O) groups is 1. The van der Waals surface area contributed by atoms with Crippen molar-refractivity contribution in [2.45, 2.75) is 43.7 Å². The Bertz CT molecular complexity index is 696. The van der Waals surface area contributed by atoms with Crippen molar-refractivity contribution in [2.75, 3.05) is 19.4 Å². The normalized spacial score (nSPS) is 14.5. The van der Waals surface area contributed by atoms with Gasteiger partial charge >= 0.3 is 0 Å². The van der Waals surface area contributed by atoms with Crippen LogP contribution < -0.4 is 10.1 Å². The van der Waals surface area contributed by atoms with E-state index in [0.29, 0.717) is 10.9 Å². The highest BCUT2D eigenvalue weighted by Crippen LogP contribution is 2.28. The van der Waals surface area contributed by atoms with Crippen molar-refractivity contribution >= 4 is 17.7 Å².